The van der Waals surface area contributed by atoms with Gasteiger partial charge in [0.1, 0.15) is 5.75 Å². The summed E-state index contributed by atoms with van der Waals surface area (Å²) in [5.74, 6) is -0.0665. The molecule has 1 atom stereocenters. The first-order valence-electron chi connectivity index (χ1n) is 11.9. The van der Waals surface area contributed by atoms with Crippen LogP contribution in [-0.4, -0.2) is 55.9 Å². The van der Waals surface area contributed by atoms with Gasteiger partial charge in [-0.3, -0.25) is 9.69 Å². The molecule has 1 fully saturated rings. The van der Waals surface area contributed by atoms with Gasteiger partial charge in [-0.1, -0.05) is 47.5 Å². The number of methoxy groups -OCH3 is 1. The van der Waals surface area contributed by atoms with Crippen LogP contribution in [0.3, 0.4) is 0 Å². The molecule has 0 radical (unpaired) electrons. The summed E-state index contributed by atoms with van der Waals surface area (Å²) in [5.41, 5.74) is 7.82. The molecule has 1 aliphatic heterocycles. The Kier molecular flexibility index (Phi) is 8.98. The Balaban J connectivity index is 1.62. The normalized spacial score (nSPS) is 15.7. The van der Waals surface area contributed by atoms with Gasteiger partial charge in [0.2, 0.25) is 10.0 Å². The maximum absolute atomic E-state index is 13.6. The minimum absolute atomic E-state index is 0.0245. The predicted molar refractivity (Wildman–Crippen MR) is 149 cm³/mol. The van der Waals surface area contributed by atoms with E-state index in [9.17, 15) is 18.0 Å². The lowest BCUT2D eigenvalue weighted by Gasteiger charge is -2.29. The lowest BCUT2D eigenvalue weighted by Crippen LogP contribution is -2.54. The van der Waals surface area contributed by atoms with Crippen molar-refractivity contribution in [1.82, 2.24) is 14.5 Å². The zero-order valence-corrected chi connectivity index (χ0v) is 23.3. The summed E-state index contributed by atoms with van der Waals surface area (Å²) in [6.45, 7) is 0.305. The standard InChI is InChI=1S/C26H27Cl2N5O5S/c1-38-20-7-5-19(6-8-20)31-26(35)32-11-12-33(39(36,37)21-9-10-22(27)23(28)14-21)25(32)24(34)30-16-18-4-2-3-17(13-18)15-29/h2-10,13-14,25H,11-12,15-16,29H2,1H3,(H,30,34)(H,31,35). The van der Waals surface area contributed by atoms with Crippen LogP contribution < -0.4 is 21.1 Å². The third-order valence-corrected chi connectivity index (χ3v) is 8.75. The Labute approximate surface area is 236 Å². The van der Waals surface area contributed by atoms with Gasteiger partial charge >= 0.3 is 6.03 Å². The van der Waals surface area contributed by atoms with Crippen LogP contribution in [-0.2, 0) is 27.9 Å². The molecule has 3 amide bonds. The molecule has 4 rings (SSSR count). The van der Waals surface area contributed by atoms with Crippen LogP contribution in [0, 0.1) is 0 Å². The topological polar surface area (TPSA) is 134 Å². The number of hydrogen-bond donors (Lipinski definition) is 3. The van der Waals surface area contributed by atoms with Gasteiger partial charge in [0.25, 0.3) is 5.91 Å². The van der Waals surface area contributed by atoms with Crippen molar-refractivity contribution in [3.8, 4) is 5.75 Å². The number of rotatable bonds is 8. The molecule has 39 heavy (non-hydrogen) atoms. The van der Waals surface area contributed by atoms with E-state index in [1.165, 1.54) is 30.2 Å². The van der Waals surface area contributed by atoms with Crippen LogP contribution in [0.5, 0.6) is 5.75 Å². The molecular formula is C26H27Cl2N5O5S. The van der Waals surface area contributed by atoms with Crippen molar-refractivity contribution < 1.29 is 22.7 Å². The zero-order chi connectivity index (χ0) is 28.2. The predicted octanol–water partition coefficient (Wildman–Crippen LogP) is 3.64. The number of urea groups is 1. The van der Waals surface area contributed by atoms with Gasteiger partial charge < -0.3 is 21.1 Å². The number of nitrogens with one attached hydrogen (secondary N) is 2. The van der Waals surface area contributed by atoms with Gasteiger partial charge in [-0.15, -0.1) is 0 Å². The van der Waals surface area contributed by atoms with Gasteiger partial charge in [-0.25, -0.2) is 13.2 Å². The van der Waals surface area contributed by atoms with Crippen LogP contribution in [0.15, 0.2) is 71.6 Å². The molecule has 1 unspecified atom stereocenters. The molecule has 0 spiro atoms. The highest BCUT2D eigenvalue weighted by Crippen LogP contribution is 2.30. The lowest BCUT2D eigenvalue weighted by molar-refractivity contribution is -0.127. The number of benzene rings is 3. The number of nitrogens with two attached hydrogens (primary N) is 1. The third-order valence-electron chi connectivity index (χ3n) is 6.16. The Hall–Kier alpha value is -3.35. The van der Waals surface area contributed by atoms with E-state index in [1.54, 1.807) is 24.3 Å². The fraction of sp³-hybridized carbons (Fsp3) is 0.231. The second kappa shape index (κ2) is 12.2. The molecule has 4 N–H and O–H groups in total. The quantitative estimate of drug-likeness (QED) is 0.366. The first-order chi connectivity index (χ1) is 18.6. The minimum atomic E-state index is -4.24. The number of amides is 3. The van der Waals surface area contributed by atoms with E-state index in [4.69, 9.17) is 33.7 Å². The van der Waals surface area contributed by atoms with Crippen molar-refractivity contribution in [2.24, 2.45) is 5.73 Å². The SMILES string of the molecule is COc1ccc(NC(=O)N2CCN(S(=O)(=O)c3ccc(Cl)c(Cl)c3)C2C(=O)NCc2cccc(CN)c2)cc1. The van der Waals surface area contributed by atoms with Crippen LogP contribution in [0.4, 0.5) is 10.5 Å². The minimum Gasteiger partial charge on any atom is -0.497 e. The van der Waals surface area contributed by atoms with Crippen LogP contribution >= 0.6 is 23.2 Å². The second-order valence-corrected chi connectivity index (χ2v) is 11.4. The Bertz CT molecular complexity index is 1470. The van der Waals surface area contributed by atoms with Gasteiger partial charge in [0.05, 0.1) is 22.1 Å². The van der Waals surface area contributed by atoms with Crippen LogP contribution in [0.1, 0.15) is 11.1 Å². The summed E-state index contributed by atoms with van der Waals surface area (Å²) in [4.78, 5) is 27.8. The van der Waals surface area contributed by atoms with Crippen molar-refractivity contribution in [3.63, 3.8) is 0 Å². The lowest BCUT2D eigenvalue weighted by atomic mass is 10.1. The second-order valence-electron chi connectivity index (χ2n) is 8.66. The van der Waals surface area contributed by atoms with E-state index in [2.05, 4.69) is 10.6 Å². The Morgan fingerprint density at radius 3 is 2.38 bits per heavy atom. The van der Waals surface area contributed by atoms with E-state index in [0.717, 1.165) is 15.4 Å². The fourth-order valence-corrected chi connectivity index (χ4v) is 6.07. The highest BCUT2D eigenvalue weighted by Gasteiger charge is 2.46. The molecular weight excluding hydrogens is 565 g/mol. The monoisotopic (exact) mass is 591 g/mol. The van der Waals surface area contributed by atoms with Crippen LogP contribution in [0.25, 0.3) is 0 Å². The number of sulfonamides is 1. The van der Waals surface area contributed by atoms with Gasteiger partial charge in [-0.2, -0.15) is 4.31 Å². The summed E-state index contributed by atoms with van der Waals surface area (Å²) in [7, 11) is -2.72. The molecule has 0 saturated carbocycles. The number of ether oxygens (including phenoxy) is 1. The Morgan fingerprint density at radius 1 is 1.00 bits per heavy atom. The molecule has 3 aromatic rings. The average molecular weight is 593 g/mol. The average Bonchev–Trinajstić information content (AvgIpc) is 3.40. The number of anilines is 1. The summed E-state index contributed by atoms with van der Waals surface area (Å²) in [5, 5.41) is 5.71. The van der Waals surface area contributed by atoms with Crippen LogP contribution in [0.2, 0.25) is 10.0 Å². The number of carbonyl (C=O) groups is 2. The molecule has 206 valence electrons. The van der Waals surface area contributed by atoms with Gasteiger partial charge in [0, 0.05) is 31.9 Å². The highest BCUT2D eigenvalue weighted by atomic mass is 35.5. The van der Waals surface area contributed by atoms with Gasteiger partial charge in [0.15, 0.2) is 6.17 Å². The maximum atomic E-state index is 13.6. The molecule has 0 bridgehead atoms. The molecule has 1 aliphatic rings. The number of nitrogens with zero attached hydrogens (tertiary/aromatic N) is 2. The zero-order valence-electron chi connectivity index (χ0n) is 20.9. The number of carbonyl (C=O) groups excluding carboxylic acids is 2. The first kappa shape index (κ1) is 28.7. The summed E-state index contributed by atoms with van der Waals surface area (Å²) >= 11 is 12.0. The molecule has 1 heterocycles. The van der Waals surface area contributed by atoms with E-state index >= 15 is 0 Å². The molecule has 1 saturated heterocycles. The maximum Gasteiger partial charge on any atom is 0.323 e. The highest BCUT2D eigenvalue weighted by molar-refractivity contribution is 7.89. The smallest absolute Gasteiger partial charge is 0.323 e. The van der Waals surface area contributed by atoms with E-state index in [0.29, 0.717) is 18.0 Å². The first-order valence-corrected chi connectivity index (χ1v) is 14.1. The van der Waals surface area contributed by atoms with E-state index < -0.39 is 28.1 Å². The van der Waals surface area contributed by atoms with E-state index in [-0.39, 0.29) is 34.6 Å². The molecule has 13 heteroatoms. The van der Waals surface area contributed by atoms with Crippen molar-refractivity contribution in [2.75, 3.05) is 25.5 Å². The van der Waals surface area contributed by atoms with Gasteiger partial charge in [-0.05, 0) is 53.6 Å². The van der Waals surface area contributed by atoms with Crippen molar-refractivity contribution in [1.29, 1.82) is 0 Å². The van der Waals surface area contributed by atoms with Crippen molar-refractivity contribution in [3.05, 3.63) is 87.9 Å². The largest absolute Gasteiger partial charge is 0.497 e. The summed E-state index contributed by atoms with van der Waals surface area (Å²) in [6.07, 6.45) is -1.46. The Morgan fingerprint density at radius 2 is 1.72 bits per heavy atom. The fourth-order valence-electron chi connectivity index (χ4n) is 4.13. The molecule has 0 aliphatic carbocycles. The summed E-state index contributed by atoms with van der Waals surface area (Å²) in [6, 6.07) is 17.2. The molecule has 3 aromatic carbocycles. The van der Waals surface area contributed by atoms with Crippen molar-refractivity contribution >= 4 is 50.9 Å². The molecule has 10 nitrogen and oxygen atoms in total. The number of halogens is 2. The molecule has 0 aromatic heterocycles. The van der Waals surface area contributed by atoms with E-state index in [1.807, 2.05) is 24.3 Å². The summed E-state index contributed by atoms with van der Waals surface area (Å²) < 4.78 is 33.4. The third kappa shape index (κ3) is 6.45. The van der Waals surface area contributed by atoms with Crippen molar-refractivity contribution in [2.45, 2.75) is 24.2 Å². The number of hydrogen-bond acceptors (Lipinski definition) is 6.